The molecule has 1 unspecified atom stereocenters. The molecule has 1 fully saturated rings. The van der Waals surface area contributed by atoms with Crippen molar-refractivity contribution in [2.45, 2.75) is 43.9 Å². The third-order valence-corrected chi connectivity index (χ3v) is 11.4. The first-order valence-electron chi connectivity index (χ1n) is 11.5. The number of benzene rings is 1. The van der Waals surface area contributed by atoms with Gasteiger partial charge >= 0.3 is 0 Å². The molecule has 4 rings (SSSR count). The smallest absolute Gasteiger partial charge is 0.253 e. The van der Waals surface area contributed by atoms with Crippen molar-refractivity contribution < 1.29 is 13.2 Å². The lowest BCUT2D eigenvalue weighted by Gasteiger charge is -2.29. The fourth-order valence-corrected chi connectivity index (χ4v) is 8.76. The number of aryl methyl sites for hydroxylation is 1. The molecule has 1 aliphatic rings. The largest absolute Gasteiger partial charge is 0.302 e. The average molecular weight is 576 g/mol. The molecule has 0 bridgehead atoms. The zero-order chi connectivity index (χ0) is 25.3. The standard InChI is InChI=1S/C23H28Cl2N4O3S3/c1-4-27(5-2)13-14-28(23-26-21-15(3)16(24)8-9-18(21)33-23)22(30)17-7-6-12-29(17)35(31,32)20-11-10-19(25)34-20/h8-11,17H,4-7,12-14H2,1-3H3. The molecule has 190 valence electrons. The number of carbonyl (C=O) groups is 1. The molecule has 1 aliphatic heterocycles. The van der Waals surface area contributed by atoms with E-state index in [0.29, 0.717) is 47.0 Å². The van der Waals surface area contributed by atoms with Gasteiger partial charge in [0.25, 0.3) is 10.0 Å². The minimum absolute atomic E-state index is 0.155. The average Bonchev–Trinajstić information content (AvgIpc) is 3.59. The summed E-state index contributed by atoms with van der Waals surface area (Å²) in [5.41, 5.74) is 1.63. The highest BCUT2D eigenvalue weighted by molar-refractivity contribution is 7.91. The lowest BCUT2D eigenvalue weighted by atomic mass is 10.2. The summed E-state index contributed by atoms with van der Waals surface area (Å²) in [5, 5.41) is 1.18. The predicted octanol–water partition coefficient (Wildman–Crippen LogP) is 5.50. The van der Waals surface area contributed by atoms with Crippen LogP contribution < -0.4 is 4.90 Å². The fourth-order valence-electron chi connectivity index (χ4n) is 4.29. The van der Waals surface area contributed by atoms with Gasteiger partial charge in [0.05, 0.1) is 14.6 Å². The Morgan fingerprint density at radius 3 is 2.54 bits per heavy atom. The zero-order valence-corrected chi connectivity index (χ0v) is 23.8. The Labute approximate surface area is 224 Å². The molecule has 7 nitrogen and oxygen atoms in total. The number of thiophene rings is 1. The lowest BCUT2D eigenvalue weighted by Crippen LogP contribution is -2.49. The molecule has 12 heteroatoms. The Kier molecular flexibility index (Phi) is 8.42. The van der Waals surface area contributed by atoms with Crippen molar-refractivity contribution in [3.05, 3.63) is 39.2 Å². The first kappa shape index (κ1) is 26.8. The van der Waals surface area contributed by atoms with Crippen molar-refractivity contribution in [2.75, 3.05) is 37.6 Å². The van der Waals surface area contributed by atoms with Crippen LogP contribution in [0.2, 0.25) is 9.36 Å². The van der Waals surface area contributed by atoms with E-state index in [-0.39, 0.29) is 10.1 Å². The number of thiazole rings is 1. The van der Waals surface area contributed by atoms with Crippen LogP contribution in [-0.4, -0.2) is 67.3 Å². The molecule has 2 aromatic heterocycles. The van der Waals surface area contributed by atoms with Crippen LogP contribution in [-0.2, 0) is 14.8 Å². The molecule has 0 spiro atoms. The topological polar surface area (TPSA) is 73.8 Å². The zero-order valence-electron chi connectivity index (χ0n) is 19.8. The number of aromatic nitrogens is 1. The molecule has 0 aliphatic carbocycles. The molecule has 1 amide bonds. The summed E-state index contributed by atoms with van der Waals surface area (Å²) >= 11 is 14.7. The molecule has 1 saturated heterocycles. The van der Waals surface area contributed by atoms with E-state index in [4.69, 9.17) is 28.2 Å². The van der Waals surface area contributed by atoms with Gasteiger partial charge in [0, 0.05) is 24.7 Å². The number of anilines is 1. The van der Waals surface area contributed by atoms with Crippen molar-refractivity contribution >= 4 is 77.2 Å². The monoisotopic (exact) mass is 574 g/mol. The fraction of sp³-hybridized carbons (Fsp3) is 0.478. The minimum atomic E-state index is -3.83. The number of nitrogens with zero attached hydrogens (tertiary/aromatic N) is 4. The third kappa shape index (κ3) is 5.39. The van der Waals surface area contributed by atoms with Crippen LogP contribution in [0, 0.1) is 6.92 Å². The summed E-state index contributed by atoms with van der Waals surface area (Å²) in [4.78, 5) is 22.6. The summed E-state index contributed by atoms with van der Waals surface area (Å²) in [5.74, 6) is -0.247. The Morgan fingerprint density at radius 2 is 1.89 bits per heavy atom. The van der Waals surface area contributed by atoms with E-state index >= 15 is 0 Å². The predicted molar refractivity (Wildman–Crippen MR) is 146 cm³/mol. The Morgan fingerprint density at radius 1 is 1.14 bits per heavy atom. The number of halogens is 2. The number of fused-ring (bicyclic) bond motifs is 1. The van der Waals surface area contributed by atoms with Gasteiger partial charge in [0.2, 0.25) is 5.91 Å². The summed E-state index contributed by atoms with van der Waals surface area (Å²) in [6.07, 6.45) is 1.09. The molecule has 3 heterocycles. The number of amides is 1. The number of rotatable bonds is 9. The van der Waals surface area contributed by atoms with Gasteiger partial charge < -0.3 is 4.90 Å². The second-order valence-electron chi connectivity index (χ2n) is 8.36. The SMILES string of the molecule is CCN(CC)CCN(C(=O)C1CCCN1S(=O)(=O)c1ccc(Cl)s1)c1nc2c(C)c(Cl)ccc2s1. The van der Waals surface area contributed by atoms with E-state index in [2.05, 4.69) is 18.7 Å². The molecule has 3 aromatic rings. The third-order valence-electron chi connectivity index (χ3n) is 6.37. The Balaban J connectivity index is 1.70. The van der Waals surface area contributed by atoms with Crippen LogP contribution in [0.4, 0.5) is 5.13 Å². The van der Waals surface area contributed by atoms with Gasteiger partial charge in [-0.2, -0.15) is 4.31 Å². The van der Waals surface area contributed by atoms with Crippen LogP contribution in [0.25, 0.3) is 10.2 Å². The molecule has 1 aromatic carbocycles. The van der Waals surface area contributed by atoms with E-state index in [1.165, 1.54) is 21.7 Å². The van der Waals surface area contributed by atoms with Crippen LogP contribution in [0.1, 0.15) is 32.3 Å². The number of sulfonamides is 1. The lowest BCUT2D eigenvalue weighted by molar-refractivity contribution is -0.121. The van der Waals surface area contributed by atoms with Crippen LogP contribution in [0.3, 0.4) is 0 Å². The van der Waals surface area contributed by atoms with E-state index in [1.807, 2.05) is 19.1 Å². The molecule has 0 radical (unpaired) electrons. The summed E-state index contributed by atoms with van der Waals surface area (Å²) in [6, 6.07) is 6.03. The van der Waals surface area contributed by atoms with Crippen molar-refractivity contribution in [3.63, 3.8) is 0 Å². The molecule has 35 heavy (non-hydrogen) atoms. The number of hydrogen-bond acceptors (Lipinski definition) is 7. The highest BCUT2D eigenvalue weighted by atomic mass is 35.5. The molecule has 0 N–H and O–H groups in total. The molecule has 0 saturated carbocycles. The van der Waals surface area contributed by atoms with Gasteiger partial charge in [-0.3, -0.25) is 9.69 Å². The van der Waals surface area contributed by atoms with E-state index in [1.54, 1.807) is 11.0 Å². The number of hydrogen-bond donors (Lipinski definition) is 0. The second-order valence-corrected chi connectivity index (χ2v) is 13.6. The molecular weight excluding hydrogens is 547 g/mol. The van der Waals surface area contributed by atoms with E-state index < -0.39 is 16.1 Å². The van der Waals surface area contributed by atoms with Crippen molar-refractivity contribution in [2.24, 2.45) is 0 Å². The van der Waals surface area contributed by atoms with Gasteiger partial charge in [-0.15, -0.1) is 11.3 Å². The van der Waals surface area contributed by atoms with Gasteiger partial charge in [-0.25, -0.2) is 13.4 Å². The summed E-state index contributed by atoms with van der Waals surface area (Å²) < 4.78 is 29.6. The van der Waals surface area contributed by atoms with Crippen molar-refractivity contribution in [1.82, 2.24) is 14.2 Å². The highest BCUT2D eigenvalue weighted by Crippen LogP contribution is 2.36. The minimum Gasteiger partial charge on any atom is -0.302 e. The molecular formula is C23H28Cl2N4O3S3. The highest BCUT2D eigenvalue weighted by Gasteiger charge is 2.42. The number of carbonyl (C=O) groups excluding carboxylic acids is 1. The summed E-state index contributed by atoms with van der Waals surface area (Å²) in [6.45, 7) is 9.16. The quantitative estimate of drug-likeness (QED) is 0.337. The Bertz CT molecular complexity index is 1320. The first-order valence-corrected chi connectivity index (χ1v) is 15.4. The normalized spacial score (nSPS) is 17.0. The van der Waals surface area contributed by atoms with Crippen LogP contribution in [0.5, 0.6) is 0 Å². The Hall–Kier alpha value is -1.27. The van der Waals surface area contributed by atoms with Crippen molar-refractivity contribution in [3.8, 4) is 0 Å². The molecule has 1 atom stereocenters. The number of likely N-dealkylation sites (N-methyl/N-ethyl adjacent to an activating group) is 1. The van der Waals surface area contributed by atoms with Gasteiger partial charge in [0.15, 0.2) is 5.13 Å². The van der Waals surface area contributed by atoms with Gasteiger partial charge in [-0.05, 0) is 62.7 Å². The second kappa shape index (κ2) is 11.0. The van der Waals surface area contributed by atoms with Crippen LogP contribution in [0.15, 0.2) is 28.5 Å². The van der Waals surface area contributed by atoms with Gasteiger partial charge in [-0.1, -0.05) is 48.4 Å². The van der Waals surface area contributed by atoms with E-state index in [9.17, 15) is 13.2 Å². The van der Waals surface area contributed by atoms with Crippen LogP contribution >= 0.6 is 45.9 Å². The summed E-state index contributed by atoms with van der Waals surface area (Å²) in [7, 11) is -3.83. The first-order chi connectivity index (χ1) is 16.7. The van der Waals surface area contributed by atoms with Gasteiger partial charge in [0.1, 0.15) is 10.3 Å². The maximum Gasteiger partial charge on any atom is 0.253 e. The maximum absolute atomic E-state index is 14.0. The maximum atomic E-state index is 14.0. The van der Waals surface area contributed by atoms with E-state index in [0.717, 1.165) is 40.2 Å². The van der Waals surface area contributed by atoms with Crippen molar-refractivity contribution in [1.29, 1.82) is 0 Å².